The SMILES string of the molecule is Cc1cc(N2CCN(C(=O)NC[C@@H]3CCOC3)CC2)nc(C(C)C)n1. The molecule has 138 valence electrons. The zero-order valence-corrected chi connectivity index (χ0v) is 15.5. The molecule has 2 aliphatic heterocycles. The van der Waals surface area contributed by atoms with Gasteiger partial charge in [-0.3, -0.25) is 0 Å². The van der Waals surface area contributed by atoms with E-state index in [1.807, 2.05) is 17.9 Å². The molecule has 2 amide bonds. The molecule has 3 heterocycles. The lowest BCUT2D eigenvalue weighted by Crippen LogP contribution is -2.52. The van der Waals surface area contributed by atoms with Crippen molar-refractivity contribution >= 4 is 11.8 Å². The summed E-state index contributed by atoms with van der Waals surface area (Å²) < 4.78 is 5.35. The number of urea groups is 1. The normalized spacial score (nSPS) is 21.0. The van der Waals surface area contributed by atoms with Gasteiger partial charge in [0.05, 0.1) is 6.61 Å². The Hall–Kier alpha value is -1.89. The maximum absolute atomic E-state index is 12.3. The molecule has 0 spiro atoms. The first-order valence-electron chi connectivity index (χ1n) is 9.24. The second kappa shape index (κ2) is 7.99. The van der Waals surface area contributed by atoms with Crippen molar-refractivity contribution in [3.8, 4) is 0 Å². The number of ether oxygens (including phenoxy) is 1. The molecule has 0 aromatic carbocycles. The summed E-state index contributed by atoms with van der Waals surface area (Å²) in [5.41, 5.74) is 0.993. The number of anilines is 1. The topological polar surface area (TPSA) is 70.6 Å². The smallest absolute Gasteiger partial charge is 0.317 e. The third-order valence-electron chi connectivity index (χ3n) is 4.83. The quantitative estimate of drug-likeness (QED) is 0.899. The molecule has 0 saturated carbocycles. The van der Waals surface area contributed by atoms with E-state index in [0.717, 1.165) is 50.1 Å². The van der Waals surface area contributed by atoms with E-state index in [9.17, 15) is 4.79 Å². The highest BCUT2D eigenvalue weighted by molar-refractivity contribution is 5.74. The molecular weight excluding hydrogens is 318 g/mol. The first-order chi connectivity index (χ1) is 12.0. The van der Waals surface area contributed by atoms with Crippen LogP contribution in [-0.2, 0) is 4.74 Å². The van der Waals surface area contributed by atoms with Gasteiger partial charge in [-0.05, 0) is 13.3 Å². The maximum Gasteiger partial charge on any atom is 0.317 e. The molecule has 0 aliphatic carbocycles. The highest BCUT2D eigenvalue weighted by Crippen LogP contribution is 2.19. The number of nitrogens with one attached hydrogen (secondary N) is 1. The van der Waals surface area contributed by atoms with Gasteiger partial charge in [0.15, 0.2) is 0 Å². The molecule has 1 aromatic heterocycles. The van der Waals surface area contributed by atoms with E-state index in [-0.39, 0.29) is 6.03 Å². The van der Waals surface area contributed by atoms with Gasteiger partial charge in [0.2, 0.25) is 0 Å². The molecule has 2 fully saturated rings. The Bertz CT molecular complexity index is 593. The van der Waals surface area contributed by atoms with E-state index < -0.39 is 0 Å². The van der Waals surface area contributed by atoms with Gasteiger partial charge >= 0.3 is 6.03 Å². The lowest BCUT2D eigenvalue weighted by atomic mass is 10.1. The van der Waals surface area contributed by atoms with Gasteiger partial charge in [0, 0.05) is 62.9 Å². The summed E-state index contributed by atoms with van der Waals surface area (Å²) in [5, 5.41) is 3.04. The zero-order chi connectivity index (χ0) is 17.8. The molecule has 7 nitrogen and oxygen atoms in total. The van der Waals surface area contributed by atoms with E-state index in [4.69, 9.17) is 9.72 Å². The van der Waals surface area contributed by atoms with Crippen molar-refractivity contribution in [2.24, 2.45) is 5.92 Å². The van der Waals surface area contributed by atoms with Crippen molar-refractivity contribution in [2.75, 3.05) is 50.8 Å². The lowest BCUT2D eigenvalue weighted by Gasteiger charge is -2.35. The van der Waals surface area contributed by atoms with Gasteiger partial charge in [-0.2, -0.15) is 0 Å². The van der Waals surface area contributed by atoms with E-state index in [1.165, 1.54) is 0 Å². The largest absolute Gasteiger partial charge is 0.381 e. The predicted molar refractivity (Wildman–Crippen MR) is 97.0 cm³/mol. The molecule has 1 aromatic rings. The number of aromatic nitrogens is 2. The van der Waals surface area contributed by atoms with Gasteiger partial charge in [-0.25, -0.2) is 14.8 Å². The van der Waals surface area contributed by atoms with Crippen LogP contribution in [0, 0.1) is 12.8 Å². The monoisotopic (exact) mass is 347 g/mol. The molecule has 0 bridgehead atoms. The summed E-state index contributed by atoms with van der Waals surface area (Å²) in [7, 11) is 0. The number of carbonyl (C=O) groups excluding carboxylic acids is 1. The second-order valence-corrected chi connectivity index (χ2v) is 7.27. The molecule has 0 radical (unpaired) electrons. The van der Waals surface area contributed by atoms with Crippen LogP contribution in [0.15, 0.2) is 6.07 Å². The summed E-state index contributed by atoms with van der Waals surface area (Å²) in [6.45, 7) is 11.5. The fourth-order valence-electron chi connectivity index (χ4n) is 3.22. The second-order valence-electron chi connectivity index (χ2n) is 7.27. The zero-order valence-electron chi connectivity index (χ0n) is 15.5. The van der Waals surface area contributed by atoms with E-state index in [1.54, 1.807) is 0 Å². The number of aryl methyl sites for hydroxylation is 1. The van der Waals surface area contributed by atoms with Crippen molar-refractivity contribution in [3.63, 3.8) is 0 Å². The van der Waals surface area contributed by atoms with Gasteiger partial charge < -0.3 is 19.9 Å². The Morgan fingerprint density at radius 3 is 2.72 bits per heavy atom. The molecule has 25 heavy (non-hydrogen) atoms. The van der Waals surface area contributed by atoms with Crippen LogP contribution in [-0.4, -0.2) is 66.8 Å². The molecule has 0 unspecified atom stereocenters. The first kappa shape index (κ1) is 17.9. The van der Waals surface area contributed by atoms with Gasteiger partial charge in [0.1, 0.15) is 11.6 Å². The van der Waals surface area contributed by atoms with E-state index in [0.29, 0.717) is 31.5 Å². The van der Waals surface area contributed by atoms with Crippen molar-refractivity contribution < 1.29 is 9.53 Å². The third-order valence-corrected chi connectivity index (χ3v) is 4.83. The van der Waals surface area contributed by atoms with Crippen molar-refractivity contribution in [3.05, 3.63) is 17.6 Å². The Kier molecular flexibility index (Phi) is 5.73. The average molecular weight is 347 g/mol. The van der Waals surface area contributed by atoms with Crippen LogP contribution in [0.1, 0.15) is 37.7 Å². The van der Waals surface area contributed by atoms with E-state index in [2.05, 4.69) is 29.0 Å². The Morgan fingerprint density at radius 1 is 1.32 bits per heavy atom. The maximum atomic E-state index is 12.3. The van der Waals surface area contributed by atoms with Crippen molar-refractivity contribution in [1.82, 2.24) is 20.2 Å². The number of amides is 2. The minimum atomic E-state index is 0.0355. The van der Waals surface area contributed by atoms with Crippen LogP contribution in [0.3, 0.4) is 0 Å². The highest BCUT2D eigenvalue weighted by Gasteiger charge is 2.24. The summed E-state index contributed by atoms with van der Waals surface area (Å²) in [6.07, 6.45) is 1.04. The number of nitrogens with zero attached hydrogens (tertiary/aromatic N) is 4. The Morgan fingerprint density at radius 2 is 2.08 bits per heavy atom. The first-order valence-corrected chi connectivity index (χ1v) is 9.24. The standard InChI is InChI=1S/C18H29N5O2/c1-13(2)17-20-14(3)10-16(21-17)22-5-7-23(8-6-22)18(24)19-11-15-4-9-25-12-15/h10,13,15H,4-9,11-12H2,1-3H3,(H,19,24)/t15-/m0/s1. The van der Waals surface area contributed by atoms with Crippen LogP contribution < -0.4 is 10.2 Å². The fourth-order valence-corrected chi connectivity index (χ4v) is 3.22. The molecule has 2 aliphatic rings. The van der Waals surface area contributed by atoms with Crippen LogP contribution in [0.4, 0.5) is 10.6 Å². The molecule has 2 saturated heterocycles. The number of piperazine rings is 1. The van der Waals surface area contributed by atoms with Crippen LogP contribution >= 0.6 is 0 Å². The average Bonchev–Trinajstić information content (AvgIpc) is 3.13. The minimum absolute atomic E-state index is 0.0355. The van der Waals surface area contributed by atoms with Gasteiger partial charge in [0.25, 0.3) is 0 Å². The summed E-state index contributed by atoms with van der Waals surface area (Å²) in [4.78, 5) is 25.7. The summed E-state index contributed by atoms with van der Waals surface area (Å²) >= 11 is 0. The molecule has 3 rings (SSSR count). The van der Waals surface area contributed by atoms with Crippen molar-refractivity contribution in [2.45, 2.75) is 33.1 Å². The minimum Gasteiger partial charge on any atom is -0.381 e. The highest BCUT2D eigenvalue weighted by atomic mass is 16.5. The van der Waals surface area contributed by atoms with Gasteiger partial charge in [-0.15, -0.1) is 0 Å². The Balaban J connectivity index is 1.52. The Labute approximate surface area is 149 Å². The number of rotatable bonds is 4. The van der Waals surface area contributed by atoms with E-state index >= 15 is 0 Å². The summed E-state index contributed by atoms with van der Waals surface area (Å²) in [6, 6.07) is 2.06. The van der Waals surface area contributed by atoms with Crippen LogP contribution in [0.25, 0.3) is 0 Å². The molecule has 7 heteroatoms. The van der Waals surface area contributed by atoms with Crippen molar-refractivity contribution in [1.29, 1.82) is 0 Å². The fraction of sp³-hybridized carbons (Fsp3) is 0.722. The molecular formula is C18H29N5O2. The molecule has 1 atom stereocenters. The predicted octanol–water partition coefficient (Wildman–Crippen LogP) is 1.78. The number of hydrogen-bond donors (Lipinski definition) is 1. The molecule has 1 N–H and O–H groups in total. The third kappa shape index (κ3) is 4.60. The summed E-state index contributed by atoms with van der Waals surface area (Å²) in [5.74, 6) is 2.63. The number of hydrogen-bond acceptors (Lipinski definition) is 5. The van der Waals surface area contributed by atoms with Crippen LogP contribution in [0.2, 0.25) is 0 Å². The van der Waals surface area contributed by atoms with Gasteiger partial charge in [-0.1, -0.05) is 13.8 Å². The lowest BCUT2D eigenvalue weighted by molar-refractivity contribution is 0.179. The number of carbonyl (C=O) groups is 1. The van der Waals surface area contributed by atoms with Crippen LogP contribution in [0.5, 0.6) is 0 Å².